The second-order valence-corrected chi connectivity index (χ2v) is 5.44. The summed E-state index contributed by atoms with van der Waals surface area (Å²) in [6.07, 6.45) is 6.80. The molecule has 1 N–H and O–H groups in total. The lowest BCUT2D eigenvalue weighted by Gasteiger charge is -2.23. The highest BCUT2D eigenvalue weighted by Crippen LogP contribution is 2.23. The third-order valence-electron chi connectivity index (χ3n) is 3.06. The summed E-state index contributed by atoms with van der Waals surface area (Å²) in [6, 6.07) is 2.65. The number of pyridine rings is 1. The van der Waals surface area contributed by atoms with E-state index in [0.29, 0.717) is 11.9 Å². The van der Waals surface area contributed by atoms with Crippen molar-refractivity contribution in [3.63, 3.8) is 0 Å². The zero-order valence-corrected chi connectivity index (χ0v) is 11.8. The zero-order chi connectivity index (χ0) is 12.1. The predicted octanol–water partition coefficient (Wildman–Crippen LogP) is 3.06. The van der Waals surface area contributed by atoms with Gasteiger partial charge >= 0.3 is 0 Å². The van der Waals surface area contributed by atoms with Gasteiger partial charge in [0.15, 0.2) is 0 Å². The minimum absolute atomic E-state index is 0.618. The highest BCUT2D eigenvalue weighted by atomic mass is 79.9. The van der Waals surface area contributed by atoms with Crippen molar-refractivity contribution in [2.24, 2.45) is 0 Å². The van der Waals surface area contributed by atoms with Crippen molar-refractivity contribution < 1.29 is 4.74 Å². The van der Waals surface area contributed by atoms with Crippen molar-refractivity contribution >= 4 is 15.9 Å². The van der Waals surface area contributed by atoms with E-state index in [1.165, 1.54) is 19.3 Å². The molecule has 1 aliphatic heterocycles. The average molecular weight is 299 g/mol. The van der Waals surface area contributed by atoms with Crippen molar-refractivity contribution in [3.05, 3.63) is 22.3 Å². The lowest BCUT2D eigenvalue weighted by molar-refractivity contribution is 0.259. The zero-order valence-electron chi connectivity index (χ0n) is 10.2. The summed E-state index contributed by atoms with van der Waals surface area (Å²) >= 11 is 3.47. The van der Waals surface area contributed by atoms with E-state index >= 15 is 0 Å². The second-order valence-electron chi connectivity index (χ2n) is 4.58. The highest BCUT2D eigenvalue weighted by molar-refractivity contribution is 9.10. The molecule has 0 saturated carbocycles. The van der Waals surface area contributed by atoms with E-state index in [9.17, 15) is 0 Å². The van der Waals surface area contributed by atoms with E-state index < -0.39 is 0 Å². The minimum Gasteiger partial charge on any atom is -0.477 e. The van der Waals surface area contributed by atoms with Crippen LogP contribution in [0.4, 0.5) is 0 Å². The Labute approximate surface area is 111 Å². The van der Waals surface area contributed by atoms with Gasteiger partial charge in [-0.25, -0.2) is 4.98 Å². The predicted molar refractivity (Wildman–Crippen MR) is 72.4 cm³/mol. The van der Waals surface area contributed by atoms with Crippen LogP contribution in [0.2, 0.25) is 0 Å². The monoisotopic (exact) mass is 298 g/mol. The van der Waals surface area contributed by atoms with Crippen LogP contribution in [0.15, 0.2) is 16.7 Å². The number of hydrogen-bond acceptors (Lipinski definition) is 3. The van der Waals surface area contributed by atoms with Gasteiger partial charge in [-0.1, -0.05) is 6.42 Å². The van der Waals surface area contributed by atoms with Crippen LogP contribution in [0, 0.1) is 6.92 Å². The molecule has 1 aromatic heterocycles. The van der Waals surface area contributed by atoms with Crippen molar-refractivity contribution in [2.45, 2.75) is 38.6 Å². The molecule has 2 heterocycles. The standard InChI is InChI=1S/C13H19BrN2O/c1-10-8-12(14)13(16-9-10)17-7-5-11-4-2-3-6-15-11/h8-9,11,15H,2-7H2,1H3. The minimum atomic E-state index is 0.618. The molecule has 1 aromatic rings. The fourth-order valence-electron chi connectivity index (χ4n) is 2.10. The molecule has 1 saturated heterocycles. The third-order valence-corrected chi connectivity index (χ3v) is 3.63. The van der Waals surface area contributed by atoms with Gasteiger partial charge in [0.1, 0.15) is 0 Å². The Hall–Kier alpha value is -0.610. The van der Waals surface area contributed by atoms with Gasteiger partial charge in [-0.05, 0) is 60.3 Å². The summed E-state index contributed by atoms with van der Waals surface area (Å²) in [7, 11) is 0. The van der Waals surface area contributed by atoms with Crippen LogP contribution < -0.4 is 10.1 Å². The third kappa shape index (κ3) is 3.96. The topological polar surface area (TPSA) is 34.1 Å². The molecule has 17 heavy (non-hydrogen) atoms. The van der Waals surface area contributed by atoms with Gasteiger partial charge in [0, 0.05) is 12.2 Å². The maximum absolute atomic E-state index is 5.70. The quantitative estimate of drug-likeness (QED) is 0.928. The Morgan fingerprint density at radius 1 is 1.53 bits per heavy atom. The molecule has 3 nitrogen and oxygen atoms in total. The highest BCUT2D eigenvalue weighted by Gasteiger charge is 2.12. The number of nitrogens with one attached hydrogen (secondary N) is 1. The Morgan fingerprint density at radius 3 is 3.12 bits per heavy atom. The summed E-state index contributed by atoms with van der Waals surface area (Å²) in [4.78, 5) is 4.27. The molecule has 1 aliphatic rings. The number of nitrogens with zero attached hydrogens (tertiary/aromatic N) is 1. The van der Waals surface area contributed by atoms with Crippen molar-refractivity contribution in [1.29, 1.82) is 0 Å². The van der Waals surface area contributed by atoms with Crippen LogP contribution in [-0.2, 0) is 0 Å². The number of aromatic nitrogens is 1. The number of piperidine rings is 1. The molecule has 1 unspecified atom stereocenters. The van der Waals surface area contributed by atoms with Crippen LogP contribution in [0.5, 0.6) is 5.88 Å². The fourth-order valence-corrected chi connectivity index (χ4v) is 2.67. The number of halogens is 1. The molecule has 0 radical (unpaired) electrons. The van der Waals surface area contributed by atoms with Gasteiger partial charge in [-0.2, -0.15) is 0 Å². The number of aryl methyl sites for hydroxylation is 1. The van der Waals surface area contributed by atoms with E-state index in [1.807, 2.05) is 19.2 Å². The van der Waals surface area contributed by atoms with Gasteiger partial charge in [0.25, 0.3) is 0 Å². The second kappa shape index (κ2) is 6.36. The van der Waals surface area contributed by atoms with E-state index in [-0.39, 0.29) is 0 Å². The molecular weight excluding hydrogens is 280 g/mol. The fraction of sp³-hybridized carbons (Fsp3) is 0.615. The first-order chi connectivity index (χ1) is 8.25. The lowest BCUT2D eigenvalue weighted by atomic mass is 10.0. The molecule has 0 aliphatic carbocycles. The number of rotatable bonds is 4. The summed E-state index contributed by atoms with van der Waals surface area (Å²) in [5, 5.41) is 3.52. The number of ether oxygens (including phenoxy) is 1. The maximum Gasteiger partial charge on any atom is 0.227 e. The Kier molecular flexibility index (Phi) is 4.80. The summed E-state index contributed by atoms with van der Waals surface area (Å²) < 4.78 is 6.64. The molecule has 94 valence electrons. The van der Waals surface area contributed by atoms with Gasteiger partial charge in [-0.3, -0.25) is 0 Å². The molecule has 0 bridgehead atoms. The molecule has 1 fully saturated rings. The maximum atomic E-state index is 5.70. The Morgan fingerprint density at radius 2 is 2.41 bits per heavy atom. The largest absolute Gasteiger partial charge is 0.477 e. The molecule has 0 aromatic carbocycles. The summed E-state index contributed by atoms with van der Waals surface area (Å²) in [5.74, 6) is 0.700. The van der Waals surface area contributed by atoms with Crippen LogP contribution in [0.3, 0.4) is 0 Å². The van der Waals surface area contributed by atoms with Crippen LogP contribution in [0.1, 0.15) is 31.2 Å². The average Bonchev–Trinajstić information content (AvgIpc) is 2.33. The first kappa shape index (κ1) is 12.8. The van der Waals surface area contributed by atoms with Crippen LogP contribution >= 0.6 is 15.9 Å². The molecule has 0 spiro atoms. The molecule has 1 atom stereocenters. The molecule has 2 rings (SSSR count). The van der Waals surface area contributed by atoms with Gasteiger partial charge in [-0.15, -0.1) is 0 Å². The number of hydrogen-bond donors (Lipinski definition) is 1. The summed E-state index contributed by atoms with van der Waals surface area (Å²) in [5.41, 5.74) is 1.14. The van der Waals surface area contributed by atoms with Gasteiger partial charge in [0.05, 0.1) is 11.1 Å². The smallest absolute Gasteiger partial charge is 0.227 e. The first-order valence-electron chi connectivity index (χ1n) is 6.24. The van der Waals surface area contributed by atoms with E-state index in [2.05, 4.69) is 26.2 Å². The normalized spacial score (nSPS) is 20.2. The van der Waals surface area contributed by atoms with Crippen LogP contribution in [0.25, 0.3) is 0 Å². The van der Waals surface area contributed by atoms with Crippen molar-refractivity contribution in [2.75, 3.05) is 13.2 Å². The van der Waals surface area contributed by atoms with Crippen molar-refractivity contribution in [3.8, 4) is 5.88 Å². The summed E-state index contributed by atoms with van der Waals surface area (Å²) in [6.45, 7) is 3.90. The lowest BCUT2D eigenvalue weighted by Crippen LogP contribution is -2.35. The Bertz CT molecular complexity index is 364. The molecule has 4 heteroatoms. The molecule has 0 amide bonds. The van der Waals surface area contributed by atoms with Crippen LogP contribution in [-0.4, -0.2) is 24.2 Å². The van der Waals surface area contributed by atoms with Gasteiger partial charge in [0.2, 0.25) is 5.88 Å². The van der Waals surface area contributed by atoms with E-state index in [4.69, 9.17) is 4.74 Å². The molecular formula is C13H19BrN2O. The van der Waals surface area contributed by atoms with Crippen molar-refractivity contribution in [1.82, 2.24) is 10.3 Å². The Balaban J connectivity index is 1.77. The van der Waals surface area contributed by atoms with E-state index in [0.717, 1.165) is 29.6 Å². The van der Waals surface area contributed by atoms with E-state index in [1.54, 1.807) is 0 Å². The van der Waals surface area contributed by atoms with Gasteiger partial charge < -0.3 is 10.1 Å². The SMILES string of the molecule is Cc1cnc(OCCC2CCCCN2)c(Br)c1. The first-order valence-corrected chi connectivity index (χ1v) is 7.03.